The molecule has 152 valence electrons. The molecule has 0 bridgehead atoms. The van der Waals surface area contributed by atoms with Crippen LogP contribution in [0, 0.1) is 11.8 Å². The van der Waals surface area contributed by atoms with Crippen LogP contribution in [0.3, 0.4) is 0 Å². The molecule has 0 N–H and O–H groups in total. The van der Waals surface area contributed by atoms with Crippen LogP contribution >= 0.6 is 23.2 Å². The molecule has 3 aliphatic rings. The molecule has 30 heavy (non-hydrogen) atoms. The summed E-state index contributed by atoms with van der Waals surface area (Å²) in [6, 6.07) is 17.8. The van der Waals surface area contributed by atoms with Crippen molar-refractivity contribution < 1.29 is 0 Å². The van der Waals surface area contributed by atoms with Crippen LogP contribution in [0.2, 0.25) is 0 Å². The van der Waals surface area contributed by atoms with Crippen molar-refractivity contribution in [1.29, 1.82) is 0 Å². The maximum absolute atomic E-state index is 7.01. The van der Waals surface area contributed by atoms with Crippen molar-refractivity contribution in [3.05, 3.63) is 105 Å². The summed E-state index contributed by atoms with van der Waals surface area (Å²) >= 11 is 13.6. The first-order chi connectivity index (χ1) is 14.6. The maximum atomic E-state index is 7.01. The molecule has 0 saturated heterocycles. The van der Waals surface area contributed by atoms with Gasteiger partial charge < -0.3 is 0 Å². The molecule has 0 fully saturated rings. The first-order valence-corrected chi connectivity index (χ1v) is 11.6. The van der Waals surface area contributed by atoms with E-state index >= 15 is 0 Å². The zero-order valence-electron chi connectivity index (χ0n) is 17.5. The van der Waals surface area contributed by atoms with Gasteiger partial charge in [0.2, 0.25) is 0 Å². The highest BCUT2D eigenvalue weighted by Gasteiger charge is 2.55. The van der Waals surface area contributed by atoms with Crippen molar-refractivity contribution in [1.82, 2.24) is 0 Å². The molecule has 0 nitrogen and oxygen atoms in total. The summed E-state index contributed by atoms with van der Waals surface area (Å²) in [5, 5.41) is 1.48. The Morgan fingerprint density at radius 1 is 1.00 bits per heavy atom. The summed E-state index contributed by atoms with van der Waals surface area (Å²) in [7, 11) is 0. The lowest BCUT2D eigenvalue weighted by Crippen LogP contribution is -2.42. The zero-order valence-corrected chi connectivity index (χ0v) is 19.0. The predicted molar refractivity (Wildman–Crippen MR) is 129 cm³/mol. The Morgan fingerprint density at radius 3 is 2.13 bits per heavy atom. The number of hydrogen-bond acceptors (Lipinski definition) is 0. The Bertz CT molecular complexity index is 1080. The van der Waals surface area contributed by atoms with E-state index < -0.39 is 0 Å². The second-order valence-electron chi connectivity index (χ2n) is 8.74. The number of halogens is 2. The van der Waals surface area contributed by atoms with Crippen molar-refractivity contribution in [2.24, 2.45) is 11.8 Å². The molecule has 2 atom stereocenters. The minimum atomic E-state index is -0.223. The van der Waals surface area contributed by atoms with Crippen LogP contribution in [0.25, 0.3) is 11.1 Å². The second-order valence-corrected chi connectivity index (χ2v) is 9.56. The molecular formula is C28H26Cl2. The van der Waals surface area contributed by atoms with Crippen LogP contribution in [0.1, 0.15) is 44.2 Å². The van der Waals surface area contributed by atoms with E-state index in [0.29, 0.717) is 11.0 Å². The van der Waals surface area contributed by atoms with E-state index in [2.05, 4.69) is 86.7 Å². The van der Waals surface area contributed by atoms with Gasteiger partial charge in [0.1, 0.15) is 0 Å². The Kier molecular flexibility index (Phi) is 5.04. The number of hydrogen-bond donors (Lipinski definition) is 0. The third kappa shape index (κ3) is 2.74. The van der Waals surface area contributed by atoms with Gasteiger partial charge in [-0.25, -0.2) is 0 Å². The van der Waals surface area contributed by atoms with Crippen LogP contribution in [-0.2, 0) is 5.41 Å². The minimum Gasteiger partial charge on any atom is -0.0868 e. The summed E-state index contributed by atoms with van der Waals surface area (Å²) < 4.78 is 0. The molecular weight excluding hydrogens is 407 g/mol. The molecule has 5 rings (SSSR count). The Balaban J connectivity index is 1.81. The minimum absolute atomic E-state index is 0.0661. The molecule has 2 aromatic rings. The van der Waals surface area contributed by atoms with Gasteiger partial charge in [-0.15, -0.1) is 0 Å². The van der Waals surface area contributed by atoms with Gasteiger partial charge in [-0.2, -0.15) is 0 Å². The highest BCUT2D eigenvalue weighted by Crippen LogP contribution is 2.63. The summed E-state index contributed by atoms with van der Waals surface area (Å²) in [4.78, 5) is 0. The third-order valence-electron chi connectivity index (χ3n) is 7.28. The average Bonchev–Trinajstić information content (AvgIpc) is 3.44. The van der Waals surface area contributed by atoms with E-state index in [4.69, 9.17) is 23.2 Å². The van der Waals surface area contributed by atoms with E-state index in [1.807, 2.05) is 0 Å². The molecule has 0 aromatic heterocycles. The fourth-order valence-corrected chi connectivity index (χ4v) is 6.80. The van der Waals surface area contributed by atoms with Gasteiger partial charge in [0.25, 0.3) is 0 Å². The van der Waals surface area contributed by atoms with Crippen molar-refractivity contribution in [2.75, 3.05) is 0 Å². The molecule has 0 saturated carbocycles. The van der Waals surface area contributed by atoms with Crippen LogP contribution in [0.5, 0.6) is 0 Å². The van der Waals surface area contributed by atoms with Crippen LogP contribution in [0.15, 0.2) is 94.0 Å². The number of benzene rings is 2. The second kappa shape index (κ2) is 7.59. The quantitative estimate of drug-likeness (QED) is 0.443. The molecule has 3 aliphatic carbocycles. The number of rotatable bonds is 5. The average molecular weight is 433 g/mol. The van der Waals surface area contributed by atoms with E-state index in [-0.39, 0.29) is 11.3 Å². The first kappa shape index (κ1) is 19.9. The Labute approximate surface area is 189 Å². The van der Waals surface area contributed by atoms with Gasteiger partial charge in [-0.1, -0.05) is 114 Å². The zero-order chi connectivity index (χ0) is 20.9. The lowest BCUT2D eigenvalue weighted by molar-refractivity contribution is 0.263. The third-order valence-corrected chi connectivity index (χ3v) is 8.11. The van der Waals surface area contributed by atoms with Gasteiger partial charge in [-0.3, -0.25) is 0 Å². The fraction of sp³-hybridized carbons (Fsp3) is 0.286. The predicted octanol–water partition coefficient (Wildman–Crippen LogP) is 8.52. The topological polar surface area (TPSA) is 0 Å². The number of fused-ring (bicyclic) bond motifs is 3. The summed E-state index contributed by atoms with van der Waals surface area (Å²) in [6.07, 6.45) is 12.0. The monoisotopic (exact) mass is 432 g/mol. The summed E-state index contributed by atoms with van der Waals surface area (Å²) in [6.45, 7) is 4.52. The largest absolute Gasteiger partial charge is 0.0868 e. The molecule has 2 heteroatoms. The van der Waals surface area contributed by atoms with E-state index in [0.717, 1.165) is 24.3 Å². The molecule has 0 spiro atoms. The first-order valence-electron chi connectivity index (χ1n) is 10.9. The molecule has 0 heterocycles. The fourth-order valence-electron chi connectivity index (χ4n) is 6.12. The van der Waals surface area contributed by atoms with Crippen molar-refractivity contribution in [3.8, 4) is 11.1 Å². The van der Waals surface area contributed by atoms with Gasteiger partial charge in [0.05, 0.1) is 5.03 Å². The van der Waals surface area contributed by atoms with Crippen LogP contribution < -0.4 is 0 Å². The Hall–Kier alpha value is -2.02. The van der Waals surface area contributed by atoms with E-state index in [1.165, 1.54) is 33.4 Å². The van der Waals surface area contributed by atoms with Crippen molar-refractivity contribution in [2.45, 2.75) is 38.5 Å². The SMILES string of the molecule is CCC(CC1=CC=CC1)C1(C2C(C)=CC(Cl)=C2Cl)c2ccccc2-c2ccccc21. The van der Waals surface area contributed by atoms with Crippen LogP contribution in [-0.4, -0.2) is 0 Å². The normalized spacial score (nSPS) is 22.1. The summed E-state index contributed by atoms with van der Waals surface area (Å²) in [5.41, 5.74) is 8.01. The molecule has 0 aliphatic heterocycles. The van der Waals surface area contributed by atoms with Crippen LogP contribution in [0.4, 0.5) is 0 Å². The number of allylic oxidation sites excluding steroid dienone is 8. The van der Waals surface area contributed by atoms with E-state index in [1.54, 1.807) is 0 Å². The van der Waals surface area contributed by atoms with E-state index in [9.17, 15) is 0 Å². The van der Waals surface area contributed by atoms with Gasteiger partial charge in [0, 0.05) is 16.4 Å². The van der Waals surface area contributed by atoms with Gasteiger partial charge in [-0.05, 0) is 54.0 Å². The van der Waals surface area contributed by atoms with Crippen molar-refractivity contribution in [3.63, 3.8) is 0 Å². The highest BCUT2D eigenvalue weighted by molar-refractivity contribution is 6.41. The van der Waals surface area contributed by atoms with Gasteiger partial charge in [0.15, 0.2) is 0 Å². The molecule has 0 radical (unpaired) electrons. The lowest BCUT2D eigenvalue weighted by Gasteiger charge is -2.45. The standard InChI is InChI=1S/C28H26Cl2/c1-3-20(17-19-10-4-5-11-19)28(26-18(2)16-25(29)27(26)30)23-14-8-6-12-21(23)22-13-7-9-15-24(22)28/h4-10,12-16,20,26H,3,11,17H2,1-2H3. The Morgan fingerprint density at radius 2 is 1.63 bits per heavy atom. The van der Waals surface area contributed by atoms with Crippen molar-refractivity contribution >= 4 is 23.2 Å². The molecule has 2 unspecified atom stereocenters. The highest BCUT2D eigenvalue weighted by atomic mass is 35.5. The lowest BCUT2D eigenvalue weighted by atomic mass is 9.57. The smallest absolute Gasteiger partial charge is 0.0557 e. The molecule has 0 amide bonds. The summed E-state index contributed by atoms with van der Waals surface area (Å²) in [5.74, 6) is 0.481. The maximum Gasteiger partial charge on any atom is 0.0557 e. The molecule has 2 aromatic carbocycles. The van der Waals surface area contributed by atoms with Gasteiger partial charge >= 0.3 is 0 Å².